The molecule has 1 aliphatic heterocycles. The third kappa shape index (κ3) is 2.18. The molecular weight excluding hydrogens is 174 g/mol. The van der Waals surface area contributed by atoms with Gasteiger partial charge in [-0.05, 0) is 6.42 Å². The topological polar surface area (TPSA) is 77.8 Å². The van der Waals surface area contributed by atoms with Crippen LogP contribution in [-0.4, -0.2) is 45.7 Å². The van der Waals surface area contributed by atoms with E-state index in [0.29, 0.717) is 13.0 Å². The Bertz CT molecular complexity index is 228. The highest BCUT2D eigenvalue weighted by atomic mass is 16.4. The molecule has 0 unspecified atom stereocenters. The van der Waals surface area contributed by atoms with Gasteiger partial charge in [0.2, 0.25) is 5.91 Å². The van der Waals surface area contributed by atoms with Crippen molar-refractivity contribution in [1.29, 1.82) is 0 Å². The van der Waals surface area contributed by atoms with Crippen LogP contribution in [0.3, 0.4) is 0 Å². The van der Waals surface area contributed by atoms with Gasteiger partial charge in [-0.3, -0.25) is 4.79 Å². The molecule has 0 aromatic rings. The number of aliphatic hydroxyl groups excluding tert-OH is 1. The molecule has 1 fully saturated rings. The summed E-state index contributed by atoms with van der Waals surface area (Å²) in [5.74, 6) is -1.30. The van der Waals surface area contributed by atoms with Gasteiger partial charge in [0.05, 0.1) is 6.10 Å². The molecule has 74 valence electrons. The monoisotopic (exact) mass is 187 g/mol. The second-order valence-electron chi connectivity index (χ2n) is 3.24. The van der Waals surface area contributed by atoms with Crippen LogP contribution in [0.5, 0.6) is 0 Å². The lowest BCUT2D eigenvalue weighted by atomic mass is 9.99. The van der Waals surface area contributed by atoms with Crippen LogP contribution in [0.1, 0.15) is 19.8 Å². The first kappa shape index (κ1) is 9.98. The van der Waals surface area contributed by atoms with Crippen molar-refractivity contribution in [2.24, 2.45) is 0 Å². The number of piperidine rings is 1. The first-order chi connectivity index (χ1) is 6.02. The average molecular weight is 187 g/mol. The number of hydrogen-bond acceptors (Lipinski definition) is 3. The molecular formula is C8H13NO4. The van der Waals surface area contributed by atoms with E-state index in [4.69, 9.17) is 5.11 Å². The summed E-state index contributed by atoms with van der Waals surface area (Å²) < 4.78 is 0. The third-order valence-electron chi connectivity index (χ3n) is 2.26. The van der Waals surface area contributed by atoms with Gasteiger partial charge in [0.1, 0.15) is 6.04 Å². The Morgan fingerprint density at radius 3 is 2.54 bits per heavy atom. The van der Waals surface area contributed by atoms with Crippen molar-refractivity contribution in [3.8, 4) is 0 Å². The zero-order valence-electron chi connectivity index (χ0n) is 7.43. The third-order valence-corrected chi connectivity index (χ3v) is 2.26. The summed E-state index contributed by atoms with van der Waals surface area (Å²) in [5, 5.41) is 18.0. The van der Waals surface area contributed by atoms with Crippen LogP contribution in [0.25, 0.3) is 0 Å². The zero-order chi connectivity index (χ0) is 10.0. The van der Waals surface area contributed by atoms with Crippen molar-refractivity contribution >= 4 is 11.9 Å². The summed E-state index contributed by atoms with van der Waals surface area (Å²) in [7, 11) is 0. The Hall–Kier alpha value is -1.10. The fraction of sp³-hybridized carbons (Fsp3) is 0.750. The molecule has 0 aromatic carbocycles. The van der Waals surface area contributed by atoms with Gasteiger partial charge in [-0.1, -0.05) is 0 Å². The number of carbonyl (C=O) groups excluding carboxylic acids is 1. The average Bonchev–Trinajstić information content (AvgIpc) is 2.03. The number of carboxylic acid groups (broad SMARTS) is 1. The van der Waals surface area contributed by atoms with Gasteiger partial charge in [0, 0.05) is 19.9 Å². The Morgan fingerprint density at radius 2 is 2.08 bits per heavy atom. The smallest absolute Gasteiger partial charge is 0.326 e. The van der Waals surface area contributed by atoms with Crippen LogP contribution in [0.15, 0.2) is 0 Å². The maximum absolute atomic E-state index is 11.0. The maximum Gasteiger partial charge on any atom is 0.326 e. The number of aliphatic carboxylic acids is 1. The summed E-state index contributed by atoms with van der Waals surface area (Å²) in [6, 6.07) is -0.860. The fourth-order valence-corrected chi connectivity index (χ4v) is 1.56. The number of likely N-dealkylation sites (tertiary alicyclic amines) is 1. The lowest BCUT2D eigenvalue weighted by molar-refractivity contribution is -0.153. The van der Waals surface area contributed by atoms with Crippen LogP contribution in [0, 0.1) is 0 Å². The van der Waals surface area contributed by atoms with E-state index in [1.165, 1.54) is 11.8 Å². The Kier molecular flexibility index (Phi) is 2.87. The van der Waals surface area contributed by atoms with Gasteiger partial charge in [-0.2, -0.15) is 0 Å². The van der Waals surface area contributed by atoms with Crippen molar-refractivity contribution in [3.05, 3.63) is 0 Å². The minimum atomic E-state index is -1.05. The first-order valence-electron chi connectivity index (χ1n) is 4.20. The standard InChI is InChI=1S/C8H13NO4/c1-5(10)9-3-2-6(11)4-7(9)8(12)13/h6-7,11H,2-4H2,1H3,(H,12,13)/t6-,7-/m1/s1. The van der Waals surface area contributed by atoms with Crippen LogP contribution in [0.4, 0.5) is 0 Å². The van der Waals surface area contributed by atoms with E-state index in [1.54, 1.807) is 0 Å². The van der Waals surface area contributed by atoms with Gasteiger partial charge in [-0.25, -0.2) is 4.79 Å². The number of carboxylic acids is 1. The molecule has 1 amide bonds. The van der Waals surface area contributed by atoms with Gasteiger partial charge in [0.25, 0.3) is 0 Å². The lowest BCUT2D eigenvalue weighted by Gasteiger charge is -2.34. The quantitative estimate of drug-likeness (QED) is 0.577. The number of carbonyl (C=O) groups is 2. The molecule has 5 nitrogen and oxygen atoms in total. The second kappa shape index (κ2) is 3.74. The SMILES string of the molecule is CC(=O)N1CC[C@@H](O)C[C@@H]1C(=O)O. The molecule has 1 aliphatic rings. The van der Waals surface area contributed by atoms with Crippen molar-refractivity contribution in [2.45, 2.75) is 31.9 Å². The first-order valence-corrected chi connectivity index (χ1v) is 4.20. The Balaban J connectivity index is 2.72. The molecule has 13 heavy (non-hydrogen) atoms. The summed E-state index contributed by atoms with van der Waals surface area (Å²) in [6.45, 7) is 1.67. The van der Waals surface area contributed by atoms with Crippen molar-refractivity contribution in [3.63, 3.8) is 0 Å². The predicted molar refractivity (Wildman–Crippen MR) is 44.1 cm³/mol. The Morgan fingerprint density at radius 1 is 1.46 bits per heavy atom. The minimum absolute atomic E-state index is 0.134. The van der Waals surface area contributed by atoms with Crippen LogP contribution >= 0.6 is 0 Å². The van der Waals surface area contributed by atoms with Gasteiger partial charge < -0.3 is 15.1 Å². The van der Waals surface area contributed by atoms with Crippen molar-refractivity contribution < 1.29 is 19.8 Å². The van der Waals surface area contributed by atoms with Gasteiger partial charge >= 0.3 is 5.97 Å². The van der Waals surface area contributed by atoms with Crippen LogP contribution in [0.2, 0.25) is 0 Å². The molecule has 1 heterocycles. The lowest BCUT2D eigenvalue weighted by Crippen LogP contribution is -2.50. The van der Waals surface area contributed by atoms with E-state index >= 15 is 0 Å². The predicted octanol–water partition coefficient (Wildman–Crippen LogP) is -0.557. The fourth-order valence-electron chi connectivity index (χ4n) is 1.56. The van der Waals surface area contributed by atoms with E-state index < -0.39 is 18.1 Å². The number of hydrogen-bond donors (Lipinski definition) is 2. The molecule has 0 spiro atoms. The minimum Gasteiger partial charge on any atom is -0.480 e. The molecule has 0 bridgehead atoms. The van der Waals surface area contributed by atoms with E-state index in [9.17, 15) is 14.7 Å². The second-order valence-corrected chi connectivity index (χ2v) is 3.24. The van der Waals surface area contributed by atoms with Crippen LogP contribution < -0.4 is 0 Å². The number of rotatable bonds is 1. The molecule has 1 rings (SSSR count). The number of aliphatic hydroxyl groups is 1. The molecule has 0 saturated carbocycles. The highest BCUT2D eigenvalue weighted by Crippen LogP contribution is 2.17. The van der Waals surface area contributed by atoms with Crippen molar-refractivity contribution in [2.75, 3.05) is 6.54 Å². The van der Waals surface area contributed by atoms with Crippen molar-refractivity contribution in [1.82, 2.24) is 4.90 Å². The van der Waals surface area contributed by atoms with Gasteiger partial charge in [0.15, 0.2) is 0 Å². The van der Waals surface area contributed by atoms with E-state index in [0.717, 1.165) is 0 Å². The summed E-state index contributed by atoms with van der Waals surface area (Å²) in [5.41, 5.74) is 0. The normalized spacial score (nSPS) is 28.6. The number of nitrogens with zero attached hydrogens (tertiary/aromatic N) is 1. The highest BCUT2D eigenvalue weighted by Gasteiger charge is 2.33. The van der Waals surface area contributed by atoms with E-state index in [2.05, 4.69) is 0 Å². The molecule has 1 saturated heterocycles. The van der Waals surface area contributed by atoms with Gasteiger partial charge in [-0.15, -0.1) is 0 Å². The molecule has 5 heteroatoms. The van der Waals surface area contributed by atoms with E-state index in [-0.39, 0.29) is 12.3 Å². The molecule has 0 aromatic heterocycles. The maximum atomic E-state index is 11.0. The zero-order valence-corrected chi connectivity index (χ0v) is 7.43. The summed E-state index contributed by atoms with van der Waals surface area (Å²) >= 11 is 0. The molecule has 0 radical (unpaired) electrons. The Labute approximate surface area is 76.0 Å². The highest BCUT2D eigenvalue weighted by molar-refractivity contribution is 5.82. The molecule has 2 N–H and O–H groups in total. The van der Waals surface area contributed by atoms with Crippen LogP contribution in [-0.2, 0) is 9.59 Å². The summed E-state index contributed by atoms with van der Waals surface area (Å²) in [6.07, 6.45) is -0.00477. The number of amides is 1. The van der Waals surface area contributed by atoms with E-state index in [1.807, 2.05) is 0 Å². The largest absolute Gasteiger partial charge is 0.480 e. The molecule has 2 atom stereocenters. The summed E-state index contributed by atoms with van der Waals surface area (Å²) in [4.78, 5) is 23.0. The molecule has 0 aliphatic carbocycles.